The van der Waals surface area contributed by atoms with Gasteiger partial charge >= 0.3 is 0 Å². The van der Waals surface area contributed by atoms with Gasteiger partial charge in [-0.15, -0.1) is 0 Å². The molecule has 1 spiro atoms. The molecule has 0 aliphatic carbocycles. The van der Waals surface area contributed by atoms with Crippen LogP contribution in [0.3, 0.4) is 0 Å². The second kappa shape index (κ2) is 6.56. The van der Waals surface area contributed by atoms with Gasteiger partial charge in [0.15, 0.2) is 0 Å². The van der Waals surface area contributed by atoms with Gasteiger partial charge in [0, 0.05) is 49.8 Å². The summed E-state index contributed by atoms with van der Waals surface area (Å²) < 4.78 is 31.6. The van der Waals surface area contributed by atoms with Crippen LogP contribution in [0.4, 0.5) is 5.69 Å². The second-order valence-corrected chi connectivity index (χ2v) is 9.96. The molecule has 25 heavy (non-hydrogen) atoms. The first-order chi connectivity index (χ1) is 12.0. The van der Waals surface area contributed by atoms with E-state index in [4.69, 9.17) is 4.74 Å². The summed E-state index contributed by atoms with van der Waals surface area (Å²) in [5.41, 5.74) is 2.87. The quantitative estimate of drug-likeness (QED) is 0.822. The predicted octanol–water partition coefficient (Wildman–Crippen LogP) is 2.23. The molecule has 0 bridgehead atoms. The Morgan fingerprint density at radius 1 is 1.24 bits per heavy atom. The molecule has 1 aromatic rings. The molecule has 2 saturated heterocycles. The van der Waals surface area contributed by atoms with Crippen molar-refractivity contribution in [3.05, 3.63) is 29.8 Å². The van der Waals surface area contributed by atoms with Crippen LogP contribution in [0.15, 0.2) is 24.3 Å². The van der Waals surface area contributed by atoms with Crippen molar-refractivity contribution in [3.63, 3.8) is 0 Å². The van der Waals surface area contributed by atoms with Crippen molar-refractivity contribution in [2.24, 2.45) is 5.92 Å². The summed E-state index contributed by atoms with van der Waals surface area (Å²) in [4.78, 5) is 2.53. The highest BCUT2D eigenvalue weighted by Gasteiger charge is 2.46. The maximum atomic E-state index is 12.2. The minimum atomic E-state index is -3.07. The van der Waals surface area contributed by atoms with E-state index in [1.165, 1.54) is 11.3 Å². The van der Waals surface area contributed by atoms with Crippen molar-refractivity contribution >= 4 is 15.7 Å². The van der Waals surface area contributed by atoms with E-state index >= 15 is 0 Å². The van der Waals surface area contributed by atoms with E-state index < -0.39 is 10.0 Å². The summed E-state index contributed by atoms with van der Waals surface area (Å²) in [6, 6.07) is 8.73. The third-order valence-electron chi connectivity index (χ3n) is 6.25. The first-order valence-electron chi connectivity index (χ1n) is 9.44. The lowest BCUT2D eigenvalue weighted by Gasteiger charge is -2.39. The van der Waals surface area contributed by atoms with E-state index in [0.717, 1.165) is 45.6 Å². The molecule has 0 radical (unpaired) electrons. The molecule has 0 amide bonds. The fraction of sp³-hybridized carbons (Fsp3) is 0.684. The highest BCUT2D eigenvalue weighted by Crippen LogP contribution is 2.47. The SMILES string of the molecule is CCS(=O)(=O)N1CCC2(CC1)CN(C[C@@H]1CCOC1)c1ccccc12. The molecule has 138 valence electrons. The largest absolute Gasteiger partial charge is 0.381 e. The van der Waals surface area contributed by atoms with Gasteiger partial charge in [0.2, 0.25) is 10.0 Å². The highest BCUT2D eigenvalue weighted by atomic mass is 32.2. The van der Waals surface area contributed by atoms with Gasteiger partial charge < -0.3 is 9.64 Å². The van der Waals surface area contributed by atoms with Crippen LogP contribution in [0.2, 0.25) is 0 Å². The first-order valence-corrected chi connectivity index (χ1v) is 11.0. The molecular weight excluding hydrogens is 336 g/mol. The molecule has 5 nitrogen and oxygen atoms in total. The Morgan fingerprint density at radius 3 is 2.68 bits per heavy atom. The van der Waals surface area contributed by atoms with Gasteiger partial charge in [-0.05, 0) is 37.8 Å². The number of sulfonamides is 1. The van der Waals surface area contributed by atoms with Gasteiger partial charge in [-0.25, -0.2) is 12.7 Å². The Kier molecular flexibility index (Phi) is 4.54. The fourth-order valence-corrected chi connectivity index (χ4v) is 5.84. The molecule has 0 unspecified atom stereocenters. The van der Waals surface area contributed by atoms with Crippen molar-refractivity contribution in [2.45, 2.75) is 31.6 Å². The van der Waals surface area contributed by atoms with Crippen molar-refractivity contribution in [3.8, 4) is 0 Å². The number of rotatable bonds is 4. The Bertz CT molecular complexity index is 720. The van der Waals surface area contributed by atoms with Crippen LogP contribution < -0.4 is 4.90 Å². The third kappa shape index (κ3) is 3.09. The third-order valence-corrected chi connectivity index (χ3v) is 8.13. The minimum absolute atomic E-state index is 0.107. The zero-order valence-electron chi connectivity index (χ0n) is 15.0. The zero-order valence-corrected chi connectivity index (χ0v) is 15.8. The summed E-state index contributed by atoms with van der Waals surface area (Å²) in [6.07, 6.45) is 2.98. The Hall–Kier alpha value is -1.11. The van der Waals surface area contributed by atoms with Crippen LogP contribution in [0.25, 0.3) is 0 Å². The van der Waals surface area contributed by atoms with Crippen LogP contribution in [0.1, 0.15) is 31.7 Å². The van der Waals surface area contributed by atoms with Crippen LogP contribution in [-0.2, 0) is 20.2 Å². The fourth-order valence-electron chi connectivity index (χ4n) is 4.74. The second-order valence-electron chi connectivity index (χ2n) is 7.71. The van der Waals surface area contributed by atoms with E-state index in [2.05, 4.69) is 29.2 Å². The Morgan fingerprint density at radius 2 is 2.00 bits per heavy atom. The molecule has 2 fully saturated rings. The topological polar surface area (TPSA) is 49.9 Å². The van der Waals surface area contributed by atoms with Gasteiger partial charge in [0.05, 0.1) is 12.4 Å². The van der Waals surface area contributed by atoms with E-state index in [1.54, 1.807) is 11.2 Å². The molecule has 4 rings (SSSR count). The van der Waals surface area contributed by atoms with Crippen molar-refractivity contribution < 1.29 is 13.2 Å². The first kappa shape index (κ1) is 17.3. The normalized spacial score (nSPS) is 26.3. The maximum Gasteiger partial charge on any atom is 0.213 e. The highest BCUT2D eigenvalue weighted by molar-refractivity contribution is 7.89. The molecule has 1 aromatic carbocycles. The average Bonchev–Trinajstić information content (AvgIpc) is 3.24. The minimum Gasteiger partial charge on any atom is -0.381 e. The lowest BCUT2D eigenvalue weighted by atomic mass is 9.75. The summed E-state index contributed by atoms with van der Waals surface area (Å²) in [5.74, 6) is 0.813. The number of benzene rings is 1. The Labute approximate surface area is 151 Å². The van der Waals surface area contributed by atoms with Crippen LogP contribution in [-0.4, -0.2) is 57.9 Å². The summed E-state index contributed by atoms with van der Waals surface area (Å²) >= 11 is 0. The number of hydrogen-bond donors (Lipinski definition) is 0. The standard InChI is InChI=1S/C19H28N2O3S/c1-2-25(22,23)21-10-8-19(9-11-21)15-20(13-16-7-12-24-14-16)18-6-4-3-5-17(18)19/h3-6,16H,2,7-15H2,1H3/t16-/m0/s1. The molecule has 0 aromatic heterocycles. The number of hydrogen-bond acceptors (Lipinski definition) is 4. The molecule has 3 heterocycles. The van der Waals surface area contributed by atoms with Gasteiger partial charge in [0.1, 0.15) is 0 Å². The molecule has 3 aliphatic rings. The molecule has 0 N–H and O–H groups in total. The van der Waals surface area contributed by atoms with Crippen molar-refractivity contribution in [2.75, 3.05) is 50.0 Å². The van der Waals surface area contributed by atoms with E-state index in [-0.39, 0.29) is 11.2 Å². The van der Waals surface area contributed by atoms with E-state index in [1.807, 2.05) is 0 Å². The predicted molar refractivity (Wildman–Crippen MR) is 99.5 cm³/mol. The number of nitrogens with zero attached hydrogens (tertiary/aromatic N) is 2. The van der Waals surface area contributed by atoms with E-state index in [9.17, 15) is 8.42 Å². The van der Waals surface area contributed by atoms with E-state index in [0.29, 0.717) is 19.0 Å². The van der Waals surface area contributed by atoms with Gasteiger partial charge in [-0.1, -0.05) is 18.2 Å². The Balaban J connectivity index is 1.55. The molecule has 1 atom stereocenters. The van der Waals surface area contributed by atoms with Crippen LogP contribution >= 0.6 is 0 Å². The maximum absolute atomic E-state index is 12.2. The number of para-hydroxylation sites is 1. The summed E-state index contributed by atoms with van der Waals surface area (Å²) in [7, 11) is -3.07. The van der Waals surface area contributed by atoms with Crippen molar-refractivity contribution in [1.82, 2.24) is 4.31 Å². The van der Waals surface area contributed by atoms with Crippen LogP contribution in [0, 0.1) is 5.92 Å². The lowest BCUT2D eigenvalue weighted by Crippen LogP contribution is -2.47. The van der Waals surface area contributed by atoms with Crippen LogP contribution in [0.5, 0.6) is 0 Å². The lowest BCUT2D eigenvalue weighted by molar-refractivity contribution is 0.186. The number of piperidine rings is 1. The van der Waals surface area contributed by atoms with Crippen molar-refractivity contribution in [1.29, 1.82) is 0 Å². The summed E-state index contributed by atoms with van der Waals surface area (Å²) in [6.45, 7) is 6.84. The van der Waals surface area contributed by atoms with Gasteiger partial charge in [-0.3, -0.25) is 0 Å². The molecule has 6 heteroatoms. The molecular formula is C19H28N2O3S. The number of fused-ring (bicyclic) bond motifs is 2. The number of ether oxygens (including phenoxy) is 1. The smallest absolute Gasteiger partial charge is 0.213 e. The van der Waals surface area contributed by atoms with Gasteiger partial charge in [-0.2, -0.15) is 0 Å². The molecule has 0 saturated carbocycles. The zero-order chi connectivity index (χ0) is 17.5. The summed E-state index contributed by atoms with van der Waals surface area (Å²) in [5, 5.41) is 0. The monoisotopic (exact) mass is 364 g/mol. The number of anilines is 1. The average molecular weight is 365 g/mol. The van der Waals surface area contributed by atoms with Gasteiger partial charge in [0.25, 0.3) is 0 Å². The molecule has 3 aliphatic heterocycles.